The normalized spacial score (nSPS) is 9.86. The van der Waals surface area contributed by atoms with Crippen LogP contribution in [0.4, 0.5) is 0 Å². The molecule has 0 unspecified atom stereocenters. The average molecular weight is 191 g/mol. The van der Waals surface area contributed by atoms with Crippen molar-refractivity contribution in [2.45, 2.75) is 26.7 Å². The smallest absolute Gasteiger partial charge is 0.251 e. The monoisotopic (exact) mass is 191 g/mol. The fraction of sp³-hybridized carbons (Fsp3) is 0.417. The second kappa shape index (κ2) is 5.43. The zero-order valence-electron chi connectivity index (χ0n) is 8.84. The predicted molar refractivity (Wildman–Crippen MR) is 58.4 cm³/mol. The fourth-order valence-corrected chi connectivity index (χ4v) is 1.23. The molecular formula is C12H17NO. The maximum Gasteiger partial charge on any atom is 0.251 e. The third-order valence-electron chi connectivity index (χ3n) is 2.16. The topological polar surface area (TPSA) is 29.1 Å². The summed E-state index contributed by atoms with van der Waals surface area (Å²) >= 11 is 0. The van der Waals surface area contributed by atoms with Crippen molar-refractivity contribution in [3.05, 3.63) is 35.4 Å². The first-order chi connectivity index (χ1) is 6.77. The molecular weight excluding hydrogens is 174 g/mol. The van der Waals surface area contributed by atoms with E-state index in [4.69, 9.17) is 0 Å². The number of carbonyl (C=O) groups excluding carboxylic acids is 1. The highest BCUT2D eigenvalue weighted by Gasteiger charge is 2.02. The second-order valence-electron chi connectivity index (χ2n) is 3.31. The minimum absolute atomic E-state index is 0.0227. The molecule has 1 N–H and O–H groups in total. The van der Waals surface area contributed by atoms with Gasteiger partial charge in [0.25, 0.3) is 5.91 Å². The SMILES string of the molecule is CCCNC(=O)c1ccc(CC)cc1. The van der Waals surface area contributed by atoms with Crippen LogP contribution < -0.4 is 5.32 Å². The highest BCUT2D eigenvalue weighted by atomic mass is 16.1. The van der Waals surface area contributed by atoms with Gasteiger partial charge in [0.05, 0.1) is 0 Å². The zero-order valence-corrected chi connectivity index (χ0v) is 8.84. The number of aryl methyl sites for hydroxylation is 1. The minimum atomic E-state index is 0.0227. The summed E-state index contributed by atoms with van der Waals surface area (Å²) in [4.78, 5) is 11.5. The fourth-order valence-electron chi connectivity index (χ4n) is 1.23. The van der Waals surface area contributed by atoms with Crippen LogP contribution >= 0.6 is 0 Å². The third kappa shape index (κ3) is 2.87. The van der Waals surface area contributed by atoms with Crippen molar-refractivity contribution in [3.8, 4) is 0 Å². The Hall–Kier alpha value is -1.31. The summed E-state index contributed by atoms with van der Waals surface area (Å²) in [7, 11) is 0. The Morgan fingerprint density at radius 3 is 2.36 bits per heavy atom. The van der Waals surface area contributed by atoms with Gasteiger partial charge >= 0.3 is 0 Å². The summed E-state index contributed by atoms with van der Waals surface area (Å²) in [6.07, 6.45) is 1.98. The first-order valence-corrected chi connectivity index (χ1v) is 5.15. The molecule has 0 aliphatic rings. The van der Waals surface area contributed by atoms with E-state index >= 15 is 0 Å². The van der Waals surface area contributed by atoms with Crippen LogP contribution in [0.2, 0.25) is 0 Å². The Kier molecular flexibility index (Phi) is 4.17. The number of hydrogen-bond acceptors (Lipinski definition) is 1. The van der Waals surface area contributed by atoms with Crippen LogP contribution in [0.15, 0.2) is 24.3 Å². The van der Waals surface area contributed by atoms with Crippen molar-refractivity contribution >= 4 is 5.91 Å². The van der Waals surface area contributed by atoms with Crippen LogP contribution in [-0.4, -0.2) is 12.5 Å². The van der Waals surface area contributed by atoms with Crippen molar-refractivity contribution in [1.29, 1.82) is 0 Å². The van der Waals surface area contributed by atoms with Gasteiger partial charge in [0.1, 0.15) is 0 Å². The Labute approximate surface area is 85.3 Å². The molecule has 1 aromatic carbocycles. The van der Waals surface area contributed by atoms with Crippen molar-refractivity contribution in [2.24, 2.45) is 0 Å². The Balaban J connectivity index is 2.62. The lowest BCUT2D eigenvalue weighted by Crippen LogP contribution is -2.23. The van der Waals surface area contributed by atoms with E-state index in [-0.39, 0.29) is 5.91 Å². The lowest BCUT2D eigenvalue weighted by atomic mass is 10.1. The molecule has 0 bridgehead atoms. The van der Waals surface area contributed by atoms with Gasteiger partial charge < -0.3 is 5.32 Å². The molecule has 1 rings (SSSR count). The van der Waals surface area contributed by atoms with Gasteiger partial charge in [-0.1, -0.05) is 26.0 Å². The number of nitrogens with one attached hydrogen (secondary N) is 1. The number of benzene rings is 1. The number of carbonyl (C=O) groups is 1. The van der Waals surface area contributed by atoms with Crippen molar-refractivity contribution < 1.29 is 4.79 Å². The van der Waals surface area contributed by atoms with Crippen LogP contribution in [0.5, 0.6) is 0 Å². The molecule has 0 saturated heterocycles. The molecule has 0 aliphatic carbocycles. The van der Waals surface area contributed by atoms with Gasteiger partial charge in [0, 0.05) is 12.1 Å². The molecule has 1 aromatic rings. The molecule has 0 fully saturated rings. The lowest BCUT2D eigenvalue weighted by molar-refractivity contribution is 0.0953. The summed E-state index contributed by atoms with van der Waals surface area (Å²) in [6.45, 7) is 4.89. The number of hydrogen-bond donors (Lipinski definition) is 1. The molecule has 0 aliphatic heterocycles. The molecule has 0 spiro atoms. The molecule has 0 atom stereocenters. The van der Waals surface area contributed by atoms with Crippen LogP contribution in [-0.2, 0) is 6.42 Å². The summed E-state index contributed by atoms with van der Waals surface area (Å²) < 4.78 is 0. The summed E-state index contributed by atoms with van der Waals surface area (Å²) in [5.74, 6) is 0.0227. The van der Waals surface area contributed by atoms with Gasteiger partial charge in [-0.15, -0.1) is 0 Å². The summed E-state index contributed by atoms with van der Waals surface area (Å²) in [6, 6.07) is 7.76. The molecule has 1 amide bonds. The van der Waals surface area contributed by atoms with E-state index in [1.165, 1.54) is 5.56 Å². The maximum atomic E-state index is 11.5. The molecule has 0 radical (unpaired) electrons. The highest BCUT2D eigenvalue weighted by Crippen LogP contribution is 2.04. The molecule has 2 nitrogen and oxygen atoms in total. The van der Waals surface area contributed by atoms with Gasteiger partial charge in [-0.05, 0) is 30.5 Å². The number of amides is 1. The van der Waals surface area contributed by atoms with E-state index in [9.17, 15) is 4.79 Å². The highest BCUT2D eigenvalue weighted by molar-refractivity contribution is 5.94. The summed E-state index contributed by atoms with van der Waals surface area (Å²) in [5, 5.41) is 2.85. The van der Waals surface area contributed by atoms with Crippen molar-refractivity contribution in [1.82, 2.24) is 5.32 Å². The molecule has 14 heavy (non-hydrogen) atoms. The molecule has 76 valence electrons. The average Bonchev–Trinajstić information content (AvgIpc) is 2.26. The van der Waals surface area contributed by atoms with E-state index in [2.05, 4.69) is 12.2 Å². The van der Waals surface area contributed by atoms with Crippen LogP contribution in [0.25, 0.3) is 0 Å². The largest absolute Gasteiger partial charge is 0.352 e. The van der Waals surface area contributed by atoms with Gasteiger partial charge in [-0.2, -0.15) is 0 Å². The second-order valence-corrected chi connectivity index (χ2v) is 3.31. The van der Waals surface area contributed by atoms with Crippen LogP contribution in [0.1, 0.15) is 36.2 Å². The molecule has 2 heteroatoms. The van der Waals surface area contributed by atoms with Crippen molar-refractivity contribution in [2.75, 3.05) is 6.54 Å². The Morgan fingerprint density at radius 2 is 1.86 bits per heavy atom. The van der Waals surface area contributed by atoms with E-state index in [1.54, 1.807) is 0 Å². The van der Waals surface area contributed by atoms with Gasteiger partial charge in [0.2, 0.25) is 0 Å². The van der Waals surface area contributed by atoms with Crippen LogP contribution in [0, 0.1) is 0 Å². The van der Waals surface area contributed by atoms with E-state index in [1.807, 2.05) is 31.2 Å². The Bertz CT molecular complexity index is 290. The maximum absolute atomic E-state index is 11.5. The molecule has 0 heterocycles. The van der Waals surface area contributed by atoms with Crippen LogP contribution in [0.3, 0.4) is 0 Å². The van der Waals surface area contributed by atoms with E-state index in [0.29, 0.717) is 0 Å². The number of rotatable bonds is 4. The van der Waals surface area contributed by atoms with Gasteiger partial charge in [-0.3, -0.25) is 4.79 Å². The Morgan fingerprint density at radius 1 is 1.21 bits per heavy atom. The molecule has 0 aromatic heterocycles. The quantitative estimate of drug-likeness (QED) is 0.778. The standard InChI is InChI=1S/C12H17NO/c1-3-9-13-12(14)11-7-5-10(4-2)6-8-11/h5-8H,3-4,9H2,1-2H3,(H,13,14). The van der Waals surface area contributed by atoms with E-state index in [0.717, 1.165) is 24.9 Å². The van der Waals surface area contributed by atoms with E-state index < -0.39 is 0 Å². The summed E-state index contributed by atoms with van der Waals surface area (Å²) in [5.41, 5.74) is 2.01. The third-order valence-corrected chi connectivity index (χ3v) is 2.16. The first kappa shape index (κ1) is 10.8. The van der Waals surface area contributed by atoms with Gasteiger partial charge in [0.15, 0.2) is 0 Å². The first-order valence-electron chi connectivity index (χ1n) is 5.15. The minimum Gasteiger partial charge on any atom is -0.352 e. The van der Waals surface area contributed by atoms with Crippen molar-refractivity contribution in [3.63, 3.8) is 0 Å². The molecule has 0 saturated carbocycles. The zero-order chi connectivity index (χ0) is 10.4. The predicted octanol–water partition coefficient (Wildman–Crippen LogP) is 2.39. The lowest BCUT2D eigenvalue weighted by Gasteiger charge is -2.03. The van der Waals surface area contributed by atoms with Gasteiger partial charge in [-0.25, -0.2) is 0 Å².